The third-order valence-electron chi connectivity index (χ3n) is 3.59. The Morgan fingerprint density at radius 2 is 0.844 bits per heavy atom. The molecular formula is C22H34Cl2N2S4Sn2. The van der Waals surface area contributed by atoms with E-state index in [0.29, 0.717) is 34.8 Å². The van der Waals surface area contributed by atoms with Crippen LogP contribution in [0.3, 0.4) is 0 Å². The van der Waals surface area contributed by atoms with E-state index in [1.54, 1.807) is 0 Å². The molecule has 0 atom stereocenters. The zero-order valence-corrected chi connectivity index (χ0v) is 25.4. The van der Waals surface area contributed by atoms with E-state index in [-0.39, 0.29) is 102 Å². The van der Waals surface area contributed by atoms with Crippen molar-refractivity contribution < 1.29 is 24.8 Å². The van der Waals surface area contributed by atoms with E-state index < -0.39 is 0 Å². The Bertz CT molecular complexity index is 625. The fourth-order valence-electron chi connectivity index (χ4n) is 2.32. The number of benzene rings is 2. The second-order valence-electron chi connectivity index (χ2n) is 5.35. The Hall–Kier alpha value is 0.837. The van der Waals surface area contributed by atoms with Gasteiger partial charge in [0.15, 0.2) is 0 Å². The smallest absolute Gasteiger partial charge is 1.00 e. The third-order valence-corrected chi connectivity index (χ3v) is 4.62. The maximum atomic E-state index is 5.23. The summed E-state index contributed by atoms with van der Waals surface area (Å²) in [6.07, 6.45) is 0. The van der Waals surface area contributed by atoms with Crippen LogP contribution < -0.4 is 24.8 Å². The Morgan fingerprint density at radius 1 is 0.594 bits per heavy atom. The predicted octanol–water partition coefficient (Wildman–Crippen LogP) is -0.555. The number of nitrogens with zero attached hydrogens (tertiary/aromatic N) is 2. The SMILES string of the molecule is C.C.C.C.S=C([S-])N(CCN(Cc1ccccc1)C(=S)[S-])Cc1ccccc1.[Cl-].[Cl-].[Sn+2].[Sn+2]. The van der Waals surface area contributed by atoms with E-state index >= 15 is 0 Å². The molecule has 0 aliphatic rings. The zero-order valence-electron chi connectivity index (χ0n) is 14.9. The van der Waals surface area contributed by atoms with Crippen molar-refractivity contribution >= 4 is 106 Å². The molecule has 2 aromatic rings. The first-order chi connectivity index (χ1) is 11.6. The van der Waals surface area contributed by atoms with Crippen molar-refractivity contribution in [2.75, 3.05) is 13.1 Å². The minimum atomic E-state index is 0. The van der Waals surface area contributed by atoms with Crippen molar-refractivity contribution in [3.05, 3.63) is 71.8 Å². The minimum absolute atomic E-state index is 0. The molecule has 0 aromatic heterocycles. The van der Waals surface area contributed by atoms with E-state index in [2.05, 4.69) is 24.3 Å². The summed E-state index contributed by atoms with van der Waals surface area (Å²) < 4.78 is 0.933. The number of halogens is 2. The minimum Gasteiger partial charge on any atom is -1.00 e. The second-order valence-corrected chi connectivity index (χ2v) is 7.41. The Labute approximate surface area is 265 Å². The van der Waals surface area contributed by atoms with Crippen LogP contribution in [0.5, 0.6) is 0 Å². The van der Waals surface area contributed by atoms with E-state index in [1.807, 2.05) is 46.2 Å². The fourth-order valence-corrected chi connectivity index (χ4v) is 2.94. The van der Waals surface area contributed by atoms with Gasteiger partial charge in [0.05, 0.1) is 0 Å². The van der Waals surface area contributed by atoms with Crippen LogP contribution in [0.25, 0.3) is 0 Å². The van der Waals surface area contributed by atoms with Gasteiger partial charge in [0.25, 0.3) is 0 Å². The molecule has 2 rings (SSSR count). The van der Waals surface area contributed by atoms with Gasteiger partial charge in [0.2, 0.25) is 0 Å². The number of hydrogen-bond acceptors (Lipinski definition) is 4. The quantitative estimate of drug-likeness (QED) is 0.211. The summed E-state index contributed by atoms with van der Waals surface area (Å²) in [6, 6.07) is 20.3. The maximum Gasteiger partial charge on any atom is 2.00 e. The summed E-state index contributed by atoms with van der Waals surface area (Å²) in [6.45, 7) is 2.79. The molecule has 10 heteroatoms. The molecule has 0 aliphatic heterocycles. The summed E-state index contributed by atoms with van der Waals surface area (Å²) in [5, 5.41) is 0. The topological polar surface area (TPSA) is 6.48 Å². The molecule has 2 aromatic carbocycles. The molecule has 0 fully saturated rings. The van der Waals surface area contributed by atoms with Crippen molar-refractivity contribution in [1.29, 1.82) is 0 Å². The van der Waals surface area contributed by atoms with E-state index in [4.69, 9.17) is 49.7 Å². The second kappa shape index (κ2) is 28.1. The van der Waals surface area contributed by atoms with Crippen molar-refractivity contribution in [2.45, 2.75) is 42.8 Å². The molecule has 0 saturated heterocycles. The van der Waals surface area contributed by atoms with E-state index in [9.17, 15) is 0 Å². The molecule has 4 radical (unpaired) electrons. The van der Waals surface area contributed by atoms with Gasteiger partial charge in [-0.1, -0.05) is 99.0 Å². The number of thiocarbonyl (C=S) groups is 2. The molecule has 0 aliphatic carbocycles. The van der Waals surface area contributed by atoms with Crippen molar-refractivity contribution in [3.8, 4) is 0 Å². The molecule has 0 N–H and O–H groups in total. The fraction of sp³-hybridized carbons (Fsp3) is 0.364. The van der Waals surface area contributed by atoms with Crippen LogP contribution in [-0.4, -0.2) is 79.3 Å². The Balaban J connectivity index is -0.000000156. The van der Waals surface area contributed by atoms with Crippen LogP contribution in [0.1, 0.15) is 40.8 Å². The summed E-state index contributed by atoms with van der Waals surface area (Å²) in [5.41, 5.74) is 2.36. The van der Waals surface area contributed by atoms with E-state index in [1.165, 1.54) is 11.1 Å². The first-order valence-electron chi connectivity index (χ1n) is 7.56. The van der Waals surface area contributed by atoms with Gasteiger partial charge in [-0.15, -0.1) is 0 Å². The van der Waals surface area contributed by atoms with Gasteiger partial charge in [-0.2, -0.15) is 0 Å². The van der Waals surface area contributed by atoms with E-state index in [0.717, 1.165) is 0 Å². The first kappa shape index (κ1) is 49.9. The number of hydrogen-bond donors (Lipinski definition) is 0. The van der Waals surface area contributed by atoms with Crippen LogP contribution in [-0.2, 0) is 38.3 Å². The summed E-state index contributed by atoms with van der Waals surface area (Å²) >= 11 is 20.9. The molecule has 0 saturated carbocycles. The Morgan fingerprint density at radius 3 is 1.06 bits per heavy atom. The molecule has 0 unspecified atom stereocenters. The van der Waals surface area contributed by atoms with Crippen LogP contribution in [0.15, 0.2) is 60.7 Å². The van der Waals surface area contributed by atoms with Gasteiger partial charge in [-0.05, 0) is 11.1 Å². The molecule has 0 heterocycles. The van der Waals surface area contributed by atoms with Gasteiger partial charge >= 0.3 is 47.8 Å². The van der Waals surface area contributed by atoms with Crippen LogP contribution >= 0.6 is 24.4 Å². The van der Waals surface area contributed by atoms with Crippen LogP contribution in [0, 0.1) is 0 Å². The van der Waals surface area contributed by atoms with Crippen LogP contribution in [0.2, 0.25) is 0 Å². The van der Waals surface area contributed by atoms with Crippen LogP contribution in [0.4, 0.5) is 0 Å². The third kappa shape index (κ3) is 19.2. The van der Waals surface area contributed by atoms with Gasteiger partial charge < -0.3 is 84.3 Å². The summed E-state index contributed by atoms with van der Waals surface area (Å²) in [5.74, 6) is 0. The molecule has 178 valence electrons. The summed E-state index contributed by atoms with van der Waals surface area (Å²) in [7, 11) is 0. The first-order valence-corrected chi connectivity index (χ1v) is 9.19. The molecule has 2 nitrogen and oxygen atoms in total. The normalized spacial score (nSPS) is 7.62. The van der Waals surface area contributed by atoms with Crippen molar-refractivity contribution in [2.24, 2.45) is 0 Å². The monoisotopic (exact) mass is 764 g/mol. The molecule has 32 heavy (non-hydrogen) atoms. The average Bonchev–Trinajstić information content (AvgIpc) is 2.58. The largest absolute Gasteiger partial charge is 2.00 e. The summed E-state index contributed by atoms with van der Waals surface area (Å²) in [4.78, 5) is 4.01. The molecular weight excluding hydrogens is 729 g/mol. The van der Waals surface area contributed by atoms with Gasteiger partial charge in [-0.25, -0.2) is 0 Å². The predicted molar refractivity (Wildman–Crippen MR) is 152 cm³/mol. The molecule has 0 amide bonds. The van der Waals surface area contributed by atoms with Gasteiger partial charge in [0.1, 0.15) is 0 Å². The van der Waals surface area contributed by atoms with Gasteiger partial charge in [0, 0.05) is 26.2 Å². The van der Waals surface area contributed by atoms with Crippen molar-refractivity contribution in [3.63, 3.8) is 0 Å². The average molecular weight is 763 g/mol. The van der Waals surface area contributed by atoms with Crippen molar-refractivity contribution in [1.82, 2.24) is 9.80 Å². The zero-order chi connectivity index (χ0) is 17.4. The number of rotatable bonds is 7. The maximum absolute atomic E-state index is 5.23. The standard InChI is InChI=1S/C18H20N2S4.4CH4.2ClH.2Sn/c21-17(22)19(13-15-7-3-1-4-8-15)11-12-20(18(23)24)14-16-9-5-2-6-10-16;;;;;;;;/h1-10H,11-14H2,(H,21,22)(H,23,24);4*1H4;2*1H;;/q;;;;;;;2*+2/p-4. The molecule has 0 bridgehead atoms. The Kier molecular flexibility index (Phi) is 43.7. The molecule has 0 spiro atoms. The van der Waals surface area contributed by atoms with Gasteiger partial charge in [-0.3, -0.25) is 0 Å².